The van der Waals surface area contributed by atoms with Crippen molar-refractivity contribution in [2.75, 3.05) is 0 Å². The monoisotopic (exact) mass is 344 g/mol. The first-order chi connectivity index (χ1) is 13.4. The van der Waals surface area contributed by atoms with Gasteiger partial charge in [-0.2, -0.15) is 0 Å². The molecule has 2 spiro atoms. The summed E-state index contributed by atoms with van der Waals surface area (Å²) in [7, 11) is 0. The number of rotatable bonds is 0. The summed E-state index contributed by atoms with van der Waals surface area (Å²) in [6.45, 7) is 0. The Balaban J connectivity index is 1.76. The zero-order valence-corrected chi connectivity index (χ0v) is 15.1. The molecule has 0 fully saturated rings. The topological polar surface area (TPSA) is 0 Å². The fourth-order valence-corrected chi connectivity index (χ4v) is 6.81. The minimum atomic E-state index is -0.102. The first-order valence-corrected chi connectivity index (χ1v) is 10.0. The highest BCUT2D eigenvalue weighted by Gasteiger charge is 2.61. The molecule has 4 bridgehead atoms. The van der Waals surface area contributed by atoms with Crippen LogP contribution < -0.4 is 0 Å². The lowest BCUT2D eigenvalue weighted by Gasteiger charge is -2.57. The maximum absolute atomic E-state index is 2.57. The molecule has 0 aromatic heterocycles. The summed E-state index contributed by atoms with van der Waals surface area (Å²) in [4.78, 5) is 0. The molecule has 0 heteroatoms. The Kier molecular flexibility index (Phi) is 2.38. The highest BCUT2D eigenvalue weighted by atomic mass is 14.6. The summed E-state index contributed by atoms with van der Waals surface area (Å²) in [5.74, 6) is 0.806. The van der Waals surface area contributed by atoms with E-state index in [2.05, 4.69) is 97.1 Å². The fraction of sp³-hybridized carbons (Fsp3) is 0.185. The van der Waals surface area contributed by atoms with Crippen molar-refractivity contribution < 1.29 is 0 Å². The smallest absolute Gasteiger partial charge is 0.0522 e. The van der Waals surface area contributed by atoms with Crippen LogP contribution in [0.4, 0.5) is 0 Å². The van der Waals surface area contributed by atoms with Gasteiger partial charge < -0.3 is 0 Å². The predicted octanol–water partition coefficient (Wildman–Crippen LogP) is 5.98. The van der Waals surface area contributed by atoms with Crippen LogP contribution in [0.25, 0.3) is 0 Å². The Labute approximate surface area is 159 Å². The van der Waals surface area contributed by atoms with Crippen LogP contribution in [0.3, 0.4) is 0 Å². The molecule has 0 radical (unpaired) electrons. The van der Waals surface area contributed by atoms with Gasteiger partial charge in [0.1, 0.15) is 0 Å². The van der Waals surface area contributed by atoms with Crippen LogP contribution in [0.15, 0.2) is 97.1 Å². The zero-order chi connectivity index (χ0) is 17.6. The molecule has 2 atom stereocenters. The van der Waals surface area contributed by atoms with Crippen molar-refractivity contribution in [3.63, 3.8) is 0 Å². The van der Waals surface area contributed by atoms with E-state index in [1.54, 1.807) is 0 Å². The van der Waals surface area contributed by atoms with Crippen LogP contribution in [0.5, 0.6) is 0 Å². The molecule has 0 saturated carbocycles. The molecule has 5 aliphatic rings. The van der Waals surface area contributed by atoms with Crippen molar-refractivity contribution in [3.05, 3.63) is 130 Å². The normalized spacial score (nSPS) is 33.0. The van der Waals surface area contributed by atoms with Gasteiger partial charge in [-0.25, -0.2) is 0 Å². The summed E-state index contributed by atoms with van der Waals surface area (Å²) in [6, 6.07) is 27.7. The molecule has 0 heterocycles. The average molecular weight is 344 g/mol. The van der Waals surface area contributed by atoms with Crippen molar-refractivity contribution in [1.82, 2.24) is 0 Å². The van der Waals surface area contributed by atoms with Gasteiger partial charge in [0, 0.05) is 17.3 Å². The first-order valence-electron chi connectivity index (χ1n) is 10.0. The third-order valence-electron chi connectivity index (χ3n) is 7.70. The maximum Gasteiger partial charge on any atom is 0.0522 e. The minimum Gasteiger partial charge on any atom is -0.0860 e. The van der Waals surface area contributed by atoms with E-state index in [4.69, 9.17) is 0 Å². The van der Waals surface area contributed by atoms with Crippen molar-refractivity contribution >= 4 is 0 Å². The lowest BCUT2D eigenvalue weighted by Crippen LogP contribution is -2.52. The van der Waals surface area contributed by atoms with Crippen LogP contribution in [0.2, 0.25) is 0 Å². The predicted molar refractivity (Wildman–Crippen MR) is 109 cm³/mol. The summed E-state index contributed by atoms with van der Waals surface area (Å²) in [5, 5.41) is 0. The van der Waals surface area contributed by atoms with Crippen molar-refractivity contribution in [2.45, 2.75) is 29.1 Å². The molecule has 0 unspecified atom stereocenters. The van der Waals surface area contributed by atoms with E-state index in [1.807, 2.05) is 0 Å². The lowest BCUT2D eigenvalue weighted by atomic mass is 9.45. The SMILES string of the molecule is C1=CC23c4ccccc4C(c4ccccc42)[C@@H]2C=C[C@@]3(C1)c1ccccc12. The molecule has 3 aromatic carbocycles. The molecule has 0 N–H and O–H groups in total. The molecule has 0 aliphatic heterocycles. The van der Waals surface area contributed by atoms with Gasteiger partial charge in [-0.3, -0.25) is 0 Å². The Morgan fingerprint density at radius 1 is 0.630 bits per heavy atom. The molecule has 27 heavy (non-hydrogen) atoms. The molecule has 0 saturated heterocycles. The molecular formula is C27H20. The highest BCUT2D eigenvalue weighted by molar-refractivity contribution is 5.72. The van der Waals surface area contributed by atoms with Gasteiger partial charge >= 0.3 is 0 Å². The van der Waals surface area contributed by atoms with Crippen LogP contribution in [-0.2, 0) is 10.8 Å². The van der Waals surface area contributed by atoms with Crippen LogP contribution >= 0.6 is 0 Å². The van der Waals surface area contributed by atoms with E-state index in [-0.39, 0.29) is 10.8 Å². The van der Waals surface area contributed by atoms with Crippen LogP contribution in [-0.4, -0.2) is 0 Å². The summed E-state index contributed by atoms with van der Waals surface area (Å²) in [5.41, 5.74) is 9.04. The Bertz CT molecular complexity index is 1130. The minimum absolute atomic E-state index is 0.0162. The first kappa shape index (κ1) is 14.2. The molecule has 128 valence electrons. The second kappa shape index (κ2) is 4.51. The third kappa shape index (κ3) is 1.36. The lowest BCUT2D eigenvalue weighted by molar-refractivity contribution is 0.363. The fourth-order valence-electron chi connectivity index (χ4n) is 6.81. The van der Waals surface area contributed by atoms with Gasteiger partial charge in [-0.1, -0.05) is 97.1 Å². The summed E-state index contributed by atoms with van der Waals surface area (Å²) >= 11 is 0. The van der Waals surface area contributed by atoms with Crippen LogP contribution in [0, 0.1) is 0 Å². The number of hydrogen-bond donors (Lipinski definition) is 0. The van der Waals surface area contributed by atoms with E-state index in [1.165, 1.54) is 33.4 Å². The van der Waals surface area contributed by atoms with E-state index in [0.717, 1.165) is 6.42 Å². The molecular weight excluding hydrogens is 324 g/mol. The van der Waals surface area contributed by atoms with Gasteiger partial charge in [0.05, 0.1) is 5.41 Å². The molecule has 0 nitrogen and oxygen atoms in total. The zero-order valence-electron chi connectivity index (χ0n) is 15.1. The third-order valence-corrected chi connectivity index (χ3v) is 7.70. The van der Waals surface area contributed by atoms with Crippen molar-refractivity contribution in [2.24, 2.45) is 0 Å². The molecule has 8 rings (SSSR count). The molecule has 5 aliphatic carbocycles. The maximum atomic E-state index is 2.57. The van der Waals surface area contributed by atoms with Gasteiger partial charge in [0.15, 0.2) is 0 Å². The summed E-state index contributed by atoms with van der Waals surface area (Å²) < 4.78 is 0. The molecule has 0 amide bonds. The standard InChI is InChI=1S/C27H20/c1-4-11-22-18(8-1)19-14-17-26(22)15-7-16-27(26)23-12-5-2-9-20(23)25(19)21-10-3-6-13-24(21)27/h1-14,16-17,19,25H,15H2/t19-,25?,26+,27?/m1/s1. The van der Waals surface area contributed by atoms with E-state index in [0.29, 0.717) is 11.8 Å². The van der Waals surface area contributed by atoms with Crippen molar-refractivity contribution in [3.8, 4) is 0 Å². The Morgan fingerprint density at radius 2 is 1.22 bits per heavy atom. The van der Waals surface area contributed by atoms with Crippen LogP contribution in [0.1, 0.15) is 51.6 Å². The van der Waals surface area contributed by atoms with Gasteiger partial charge in [-0.05, 0) is 39.8 Å². The van der Waals surface area contributed by atoms with Gasteiger partial charge in [0.2, 0.25) is 0 Å². The second-order valence-electron chi connectivity index (χ2n) is 8.51. The molecule has 3 aromatic rings. The van der Waals surface area contributed by atoms with Gasteiger partial charge in [-0.15, -0.1) is 0 Å². The van der Waals surface area contributed by atoms with E-state index < -0.39 is 0 Å². The quantitative estimate of drug-likeness (QED) is 0.440. The summed E-state index contributed by atoms with van der Waals surface area (Å²) in [6.07, 6.45) is 11.1. The van der Waals surface area contributed by atoms with E-state index >= 15 is 0 Å². The number of benzene rings is 3. The highest BCUT2D eigenvalue weighted by Crippen LogP contribution is 2.68. The Hall–Kier alpha value is -2.86. The van der Waals surface area contributed by atoms with E-state index in [9.17, 15) is 0 Å². The number of allylic oxidation sites excluding steroid dienone is 4. The average Bonchev–Trinajstić information content (AvgIpc) is 3.06. The Morgan fingerprint density at radius 3 is 1.93 bits per heavy atom. The second-order valence-corrected chi connectivity index (χ2v) is 8.51. The number of hydrogen-bond acceptors (Lipinski definition) is 0. The largest absolute Gasteiger partial charge is 0.0860 e. The van der Waals surface area contributed by atoms with Gasteiger partial charge in [0.25, 0.3) is 0 Å². The van der Waals surface area contributed by atoms with Crippen molar-refractivity contribution in [1.29, 1.82) is 0 Å².